The summed E-state index contributed by atoms with van der Waals surface area (Å²) in [5.74, 6) is 2.84. The highest BCUT2D eigenvalue weighted by Gasteiger charge is 2.20. The van der Waals surface area contributed by atoms with E-state index >= 15 is 0 Å². The zero-order chi connectivity index (χ0) is 13.1. The van der Waals surface area contributed by atoms with Crippen LogP contribution in [0.4, 0.5) is 5.69 Å². The number of hydrogen-bond donors (Lipinski definition) is 0. The SMILES string of the molecule is CC1CN(c2cnc(C(C)C)nc2CCl)CCS1. The third-order valence-electron chi connectivity index (χ3n) is 3.09. The second kappa shape index (κ2) is 6.11. The average molecular weight is 286 g/mol. The van der Waals surface area contributed by atoms with Crippen molar-refractivity contribution in [3.05, 3.63) is 17.7 Å². The summed E-state index contributed by atoms with van der Waals surface area (Å²) in [5.41, 5.74) is 2.08. The molecule has 1 aromatic heterocycles. The van der Waals surface area contributed by atoms with Crippen molar-refractivity contribution in [2.45, 2.75) is 37.8 Å². The van der Waals surface area contributed by atoms with Crippen molar-refractivity contribution in [3.8, 4) is 0 Å². The first kappa shape index (κ1) is 13.9. The Morgan fingerprint density at radius 3 is 2.94 bits per heavy atom. The molecule has 0 saturated carbocycles. The van der Waals surface area contributed by atoms with Gasteiger partial charge >= 0.3 is 0 Å². The van der Waals surface area contributed by atoms with E-state index in [1.165, 1.54) is 0 Å². The van der Waals surface area contributed by atoms with Gasteiger partial charge in [-0.05, 0) is 0 Å². The molecule has 0 radical (unpaired) electrons. The molecule has 1 aromatic rings. The number of aromatic nitrogens is 2. The third-order valence-corrected chi connectivity index (χ3v) is 4.48. The molecule has 0 spiro atoms. The monoisotopic (exact) mass is 285 g/mol. The highest BCUT2D eigenvalue weighted by Crippen LogP contribution is 2.27. The quantitative estimate of drug-likeness (QED) is 0.797. The van der Waals surface area contributed by atoms with Crippen LogP contribution in [0.1, 0.15) is 38.2 Å². The maximum absolute atomic E-state index is 6.04. The van der Waals surface area contributed by atoms with E-state index in [-0.39, 0.29) is 0 Å². The number of anilines is 1. The molecule has 0 aromatic carbocycles. The van der Waals surface area contributed by atoms with Crippen molar-refractivity contribution in [2.24, 2.45) is 0 Å². The van der Waals surface area contributed by atoms with Crippen LogP contribution in [0.15, 0.2) is 6.20 Å². The first-order valence-electron chi connectivity index (χ1n) is 6.40. The molecule has 2 heterocycles. The molecule has 1 unspecified atom stereocenters. The van der Waals surface area contributed by atoms with E-state index in [2.05, 4.69) is 35.6 Å². The number of halogens is 1. The number of nitrogens with zero attached hydrogens (tertiary/aromatic N) is 3. The van der Waals surface area contributed by atoms with Gasteiger partial charge in [0.15, 0.2) is 0 Å². The Bertz CT molecular complexity index is 411. The van der Waals surface area contributed by atoms with Crippen LogP contribution in [0.25, 0.3) is 0 Å². The topological polar surface area (TPSA) is 29.0 Å². The van der Waals surface area contributed by atoms with Gasteiger partial charge in [-0.1, -0.05) is 20.8 Å². The van der Waals surface area contributed by atoms with Gasteiger partial charge in [0.05, 0.1) is 23.5 Å². The Morgan fingerprint density at radius 2 is 2.33 bits per heavy atom. The summed E-state index contributed by atoms with van der Waals surface area (Å²) in [4.78, 5) is 11.4. The third kappa shape index (κ3) is 3.09. The largest absolute Gasteiger partial charge is 0.367 e. The van der Waals surface area contributed by atoms with Crippen LogP contribution in [0.5, 0.6) is 0 Å². The van der Waals surface area contributed by atoms with Gasteiger partial charge in [0, 0.05) is 30.0 Å². The van der Waals surface area contributed by atoms with Gasteiger partial charge in [0.25, 0.3) is 0 Å². The van der Waals surface area contributed by atoms with Crippen LogP contribution in [-0.4, -0.2) is 34.1 Å². The minimum absolute atomic E-state index is 0.344. The smallest absolute Gasteiger partial charge is 0.131 e. The van der Waals surface area contributed by atoms with E-state index in [0.717, 1.165) is 36.0 Å². The molecule has 1 aliphatic heterocycles. The van der Waals surface area contributed by atoms with Crippen LogP contribution >= 0.6 is 23.4 Å². The summed E-state index contributed by atoms with van der Waals surface area (Å²) in [5, 5.41) is 0.659. The van der Waals surface area contributed by atoms with E-state index in [1.807, 2.05) is 18.0 Å². The minimum atomic E-state index is 0.344. The van der Waals surface area contributed by atoms with Gasteiger partial charge in [-0.25, -0.2) is 9.97 Å². The molecule has 2 rings (SSSR count). The second-order valence-electron chi connectivity index (χ2n) is 4.98. The van der Waals surface area contributed by atoms with E-state index in [1.54, 1.807) is 0 Å². The summed E-state index contributed by atoms with van der Waals surface area (Å²) in [7, 11) is 0. The van der Waals surface area contributed by atoms with Gasteiger partial charge in [-0.3, -0.25) is 0 Å². The molecule has 100 valence electrons. The van der Waals surface area contributed by atoms with Gasteiger partial charge in [0.1, 0.15) is 5.82 Å². The highest BCUT2D eigenvalue weighted by molar-refractivity contribution is 8.00. The molecule has 0 N–H and O–H groups in total. The van der Waals surface area contributed by atoms with Crippen LogP contribution in [0.2, 0.25) is 0 Å². The molecule has 5 heteroatoms. The Hall–Kier alpha value is -0.480. The van der Waals surface area contributed by atoms with Crippen molar-refractivity contribution in [2.75, 3.05) is 23.7 Å². The van der Waals surface area contributed by atoms with E-state index in [9.17, 15) is 0 Å². The van der Waals surface area contributed by atoms with Crippen LogP contribution in [0.3, 0.4) is 0 Å². The van der Waals surface area contributed by atoms with Crippen molar-refractivity contribution >= 4 is 29.1 Å². The van der Waals surface area contributed by atoms with Crippen LogP contribution in [-0.2, 0) is 5.88 Å². The predicted octanol–water partition coefficient (Wildman–Crippen LogP) is 3.28. The summed E-state index contributed by atoms with van der Waals surface area (Å²) >= 11 is 8.06. The van der Waals surface area contributed by atoms with Crippen molar-refractivity contribution in [3.63, 3.8) is 0 Å². The van der Waals surface area contributed by atoms with Crippen LogP contribution < -0.4 is 4.90 Å². The predicted molar refractivity (Wildman–Crippen MR) is 79.8 cm³/mol. The second-order valence-corrected chi connectivity index (χ2v) is 6.79. The average Bonchev–Trinajstić information content (AvgIpc) is 2.37. The molecule has 18 heavy (non-hydrogen) atoms. The lowest BCUT2D eigenvalue weighted by atomic mass is 10.2. The number of thioether (sulfide) groups is 1. The zero-order valence-corrected chi connectivity index (χ0v) is 12.8. The molecule has 3 nitrogen and oxygen atoms in total. The molecular weight excluding hydrogens is 266 g/mol. The van der Waals surface area contributed by atoms with Crippen molar-refractivity contribution in [1.82, 2.24) is 9.97 Å². The minimum Gasteiger partial charge on any atom is -0.367 e. The van der Waals surface area contributed by atoms with E-state index in [4.69, 9.17) is 11.6 Å². The fourth-order valence-electron chi connectivity index (χ4n) is 2.10. The summed E-state index contributed by atoms with van der Waals surface area (Å²) in [6.07, 6.45) is 1.95. The summed E-state index contributed by atoms with van der Waals surface area (Å²) in [6, 6.07) is 0. The lowest BCUT2D eigenvalue weighted by Gasteiger charge is -2.33. The van der Waals surface area contributed by atoms with Gasteiger partial charge < -0.3 is 4.90 Å². The number of alkyl halides is 1. The molecule has 1 fully saturated rings. The molecular formula is C13H20ClN3S. The first-order chi connectivity index (χ1) is 8.61. The normalized spacial score (nSPS) is 20.5. The summed E-state index contributed by atoms with van der Waals surface area (Å²) in [6.45, 7) is 8.59. The molecule has 1 saturated heterocycles. The van der Waals surface area contributed by atoms with Crippen molar-refractivity contribution in [1.29, 1.82) is 0 Å². The lowest BCUT2D eigenvalue weighted by Crippen LogP contribution is -2.37. The Balaban J connectivity index is 2.26. The Labute approximate surface area is 118 Å². The Kier molecular flexibility index (Phi) is 4.73. The molecule has 0 bridgehead atoms. The first-order valence-corrected chi connectivity index (χ1v) is 7.98. The lowest BCUT2D eigenvalue weighted by molar-refractivity contribution is 0.740. The van der Waals surface area contributed by atoms with E-state index < -0.39 is 0 Å². The number of rotatable bonds is 3. The molecule has 0 aliphatic carbocycles. The summed E-state index contributed by atoms with van der Waals surface area (Å²) < 4.78 is 0. The zero-order valence-electron chi connectivity index (χ0n) is 11.2. The number of hydrogen-bond acceptors (Lipinski definition) is 4. The van der Waals surface area contributed by atoms with Gasteiger partial charge in [0.2, 0.25) is 0 Å². The van der Waals surface area contributed by atoms with E-state index in [0.29, 0.717) is 17.0 Å². The van der Waals surface area contributed by atoms with Gasteiger partial charge in [-0.15, -0.1) is 11.6 Å². The van der Waals surface area contributed by atoms with Gasteiger partial charge in [-0.2, -0.15) is 11.8 Å². The Morgan fingerprint density at radius 1 is 1.56 bits per heavy atom. The standard InChI is InChI=1S/C13H20ClN3S/c1-9(2)13-15-7-12(11(6-14)16-13)17-4-5-18-10(3)8-17/h7,9-10H,4-6,8H2,1-3H3. The van der Waals surface area contributed by atoms with Crippen molar-refractivity contribution < 1.29 is 0 Å². The highest BCUT2D eigenvalue weighted by atomic mass is 35.5. The fraction of sp³-hybridized carbons (Fsp3) is 0.692. The maximum atomic E-state index is 6.04. The molecule has 1 atom stereocenters. The molecule has 1 aliphatic rings. The fourth-order valence-corrected chi connectivity index (χ4v) is 3.31. The maximum Gasteiger partial charge on any atom is 0.131 e. The van der Waals surface area contributed by atoms with Crippen LogP contribution in [0, 0.1) is 0 Å². The molecule has 0 amide bonds.